The summed E-state index contributed by atoms with van der Waals surface area (Å²) in [6.45, 7) is 0. The number of amides is 2. The summed E-state index contributed by atoms with van der Waals surface area (Å²) in [6, 6.07) is 12.0. The van der Waals surface area contributed by atoms with Gasteiger partial charge in [-0.05, 0) is 12.1 Å². The molecule has 0 saturated heterocycles. The molecule has 2 amide bonds. The van der Waals surface area contributed by atoms with Gasteiger partial charge in [0.15, 0.2) is 0 Å². The number of sulfonamides is 2. The molecular formula is C16H17Ag2N4Na2O12S2. The Labute approximate surface area is 293 Å². The van der Waals surface area contributed by atoms with Gasteiger partial charge in [-0.1, -0.05) is 51.3 Å². The van der Waals surface area contributed by atoms with Crippen molar-refractivity contribution in [3.8, 4) is 0 Å². The minimum Gasteiger partial charge on any atom is -0.635 e. The molecule has 0 unspecified atom stereocenters. The van der Waals surface area contributed by atoms with Crippen molar-refractivity contribution >= 4 is 31.9 Å². The molecule has 38 heavy (non-hydrogen) atoms. The van der Waals surface area contributed by atoms with E-state index >= 15 is 0 Å². The molecule has 0 bridgehead atoms. The normalized spacial score (nSPS) is 12.9. The Morgan fingerprint density at radius 2 is 1.05 bits per heavy atom. The zero-order valence-corrected chi connectivity index (χ0v) is 26.4. The smallest absolute Gasteiger partial charge is 0.635 e. The van der Waals surface area contributed by atoms with E-state index < -0.39 is 36.9 Å². The van der Waals surface area contributed by atoms with Gasteiger partial charge >= 0.3 is 81.5 Å². The minimum absolute atomic E-state index is 0. The number of fused-ring (bicyclic) bond motifs is 2. The standard InChI is InChI=1S/2C7H5NO3S.2CH4.2Ag.2HNO3.2Na/c2*9-7-5-3-1-2-4-6(5)12(10,11)8-7;;;;;2-1-4-3;2-1(3)4;;/h2*1-4H,(H,8,9);2*1H4;;;3H;(H,2,3,4);;/q;;;;;+1;;;2*+1/p-3. The molecule has 2 aliphatic heterocycles. The van der Waals surface area contributed by atoms with Gasteiger partial charge in [0, 0.05) is 33.5 Å². The number of hydrogen-bond donors (Lipinski definition) is 1. The number of rotatable bonds is 1. The summed E-state index contributed by atoms with van der Waals surface area (Å²) in [5.74, 6) is -1.35. The SMILES string of the molecule is C.C.O=C1[N-]S(=O)(=O)c2ccccc21.O=C1[N-]S(=O)(=O)c2ccccc21.O=NO[O-].O=[N+]([O-])O.[Ag+].[Ag].[Na+].[Na+]. The topological polar surface area (TPSA) is 256 Å². The number of benzene rings is 2. The summed E-state index contributed by atoms with van der Waals surface area (Å²) in [5, 5.41) is 23.4. The second kappa shape index (κ2) is 23.1. The molecule has 22 heteroatoms. The Morgan fingerprint density at radius 3 is 1.26 bits per heavy atom. The van der Waals surface area contributed by atoms with Crippen LogP contribution in [-0.4, -0.2) is 38.9 Å². The number of hydrogen-bond acceptors (Lipinski definition) is 12. The van der Waals surface area contributed by atoms with Crippen LogP contribution in [0.3, 0.4) is 0 Å². The Bertz CT molecular complexity index is 1180. The van der Waals surface area contributed by atoms with Gasteiger partial charge in [0.05, 0.1) is 21.6 Å². The van der Waals surface area contributed by atoms with Gasteiger partial charge in [-0.3, -0.25) is 0 Å². The Hall–Kier alpha value is -0.679. The molecule has 0 saturated carbocycles. The van der Waals surface area contributed by atoms with Gasteiger partial charge in [-0.15, -0.1) is 15.0 Å². The monoisotopic (exact) mass is 781 g/mol. The maximum atomic E-state index is 11.1. The zero-order chi connectivity index (χ0) is 24.5. The molecule has 0 atom stereocenters. The third-order valence-electron chi connectivity index (χ3n) is 3.23. The van der Waals surface area contributed by atoms with Gasteiger partial charge in [0.2, 0.25) is 0 Å². The van der Waals surface area contributed by atoms with Crippen LogP contribution >= 0.6 is 0 Å². The third-order valence-corrected chi connectivity index (χ3v) is 5.86. The van der Waals surface area contributed by atoms with Crippen molar-refractivity contribution in [3.05, 3.63) is 84.1 Å². The van der Waals surface area contributed by atoms with Gasteiger partial charge in [-0.2, -0.15) is 0 Å². The average Bonchev–Trinajstić information content (AvgIpc) is 3.11. The molecule has 2 heterocycles. The molecule has 0 fully saturated rings. The first-order valence-corrected chi connectivity index (χ1v) is 10.4. The number of nitrogens with zero attached hydrogens (tertiary/aromatic N) is 4. The molecule has 16 nitrogen and oxygen atoms in total. The van der Waals surface area contributed by atoms with Crippen LogP contribution in [0, 0.1) is 15.0 Å². The minimum atomic E-state index is -3.68. The van der Waals surface area contributed by atoms with E-state index in [4.69, 9.17) is 25.5 Å². The van der Waals surface area contributed by atoms with Crippen LogP contribution in [0.1, 0.15) is 35.6 Å². The Morgan fingerprint density at radius 1 is 0.816 bits per heavy atom. The first-order chi connectivity index (χ1) is 14.9. The predicted molar refractivity (Wildman–Crippen MR) is 112 cm³/mol. The van der Waals surface area contributed by atoms with E-state index in [2.05, 4.69) is 14.4 Å². The zero-order valence-electron chi connectivity index (χ0n) is 17.8. The molecule has 1 radical (unpaired) electrons. The molecule has 1 N–H and O–H groups in total. The van der Waals surface area contributed by atoms with Crippen molar-refractivity contribution in [1.29, 1.82) is 0 Å². The first kappa shape index (κ1) is 50.2. The summed E-state index contributed by atoms with van der Waals surface area (Å²) in [6.07, 6.45) is 0. The summed E-state index contributed by atoms with van der Waals surface area (Å²) >= 11 is 0. The Kier molecular flexibility index (Phi) is 30.5. The largest absolute Gasteiger partial charge is 1.00 e. The molecular weight excluding hydrogens is 766 g/mol. The fraction of sp³-hybridized carbons (Fsp3) is 0.125. The summed E-state index contributed by atoms with van der Waals surface area (Å²) in [5.41, 5.74) is 0.329. The van der Waals surface area contributed by atoms with Crippen LogP contribution in [0.5, 0.6) is 0 Å². The van der Waals surface area contributed by atoms with E-state index in [1.54, 1.807) is 24.3 Å². The maximum Gasteiger partial charge on any atom is 1.00 e. The van der Waals surface area contributed by atoms with E-state index in [1.165, 1.54) is 29.6 Å². The fourth-order valence-corrected chi connectivity index (χ4v) is 4.35. The predicted octanol–water partition coefficient (Wildman–Crippen LogP) is -4.31. The summed E-state index contributed by atoms with van der Waals surface area (Å²) in [7, 11) is -7.36. The average molecular weight is 783 g/mol. The third kappa shape index (κ3) is 15.2. The molecule has 0 aliphatic carbocycles. The van der Waals surface area contributed by atoms with Crippen molar-refractivity contribution in [2.75, 3.05) is 0 Å². The van der Waals surface area contributed by atoms with Gasteiger partial charge in [0.1, 0.15) is 25.4 Å². The quantitative estimate of drug-likeness (QED) is 0.0948. The van der Waals surface area contributed by atoms with E-state index in [9.17, 15) is 26.4 Å². The van der Waals surface area contributed by atoms with Crippen LogP contribution < -0.4 is 64.4 Å². The molecule has 2 aromatic carbocycles. The van der Waals surface area contributed by atoms with Crippen LogP contribution in [-0.2, 0) is 69.8 Å². The van der Waals surface area contributed by atoms with E-state index in [0.717, 1.165) is 0 Å². The number of carbonyl (C=O) groups is 2. The van der Waals surface area contributed by atoms with Crippen molar-refractivity contribution in [3.63, 3.8) is 0 Å². The first-order valence-electron chi connectivity index (χ1n) is 7.55. The van der Waals surface area contributed by atoms with Gasteiger partial charge < -0.3 is 34.5 Å². The van der Waals surface area contributed by atoms with Crippen molar-refractivity contribution < 1.29 is 151 Å². The molecule has 4 rings (SSSR count). The van der Waals surface area contributed by atoms with Crippen LogP contribution in [0.2, 0.25) is 0 Å². The van der Waals surface area contributed by atoms with E-state index in [-0.39, 0.29) is 140 Å². The van der Waals surface area contributed by atoms with Gasteiger partial charge in [0.25, 0.3) is 5.09 Å². The van der Waals surface area contributed by atoms with Crippen molar-refractivity contribution in [1.82, 2.24) is 0 Å². The summed E-state index contributed by atoms with van der Waals surface area (Å²) < 4.78 is 50.3. The van der Waals surface area contributed by atoms with E-state index in [1.807, 2.05) is 0 Å². The van der Waals surface area contributed by atoms with Crippen LogP contribution in [0.25, 0.3) is 9.44 Å². The second-order valence-corrected chi connectivity index (χ2v) is 8.27. The van der Waals surface area contributed by atoms with Crippen molar-refractivity contribution in [2.24, 2.45) is 5.34 Å². The molecule has 0 aromatic heterocycles. The maximum absolute atomic E-state index is 11.1. The second-order valence-electron chi connectivity index (χ2n) is 5.12. The van der Waals surface area contributed by atoms with Crippen LogP contribution in [0.15, 0.2) is 63.7 Å². The van der Waals surface area contributed by atoms with Crippen molar-refractivity contribution in [2.45, 2.75) is 24.6 Å². The number of carbonyl (C=O) groups excluding carboxylic acids is 2. The van der Waals surface area contributed by atoms with E-state index in [0.29, 0.717) is 0 Å². The molecule has 209 valence electrons. The fourth-order valence-electron chi connectivity index (χ4n) is 2.15. The van der Waals surface area contributed by atoms with Gasteiger partial charge in [-0.25, -0.2) is 16.8 Å². The molecule has 2 aliphatic rings. The molecule has 2 aromatic rings. The summed E-state index contributed by atoms with van der Waals surface area (Å²) in [4.78, 5) is 41.0. The molecule has 0 spiro atoms. The van der Waals surface area contributed by atoms with Crippen LogP contribution in [0.4, 0.5) is 0 Å². The Balaban J connectivity index is -0.0000000941.